The molecule has 0 aliphatic rings. The average Bonchev–Trinajstić information content (AvgIpc) is 2.28. The van der Waals surface area contributed by atoms with E-state index < -0.39 is 11.1 Å². The van der Waals surface area contributed by atoms with Crippen LogP contribution in [0.15, 0.2) is 53.9 Å². The van der Waals surface area contributed by atoms with E-state index in [1.54, 1.807) is 12.1 Å². The summed E-state index contributed by atoms with van der Waals surface area (Å²) in [5.41, 5.74) is 0.856. The first-order chi connectivity index (χ1) is 7.72. The zero-order valence-corrected chi connectivity index (χ0v) is 9.54. The zero-order chi connectivity index (χ0) is 11.5. The molecule has 2 aromatic rings. The SMILES string of the molecule is C=CCc1cc2ccccc2cc1S(=O)O. The molecule has 0 saturated heterocycles. The van der Waals surface area contributed by atoms with Gasteiger partial charge < -0.3 is 4.55 Å². The van der Waals surface area contributed by atoms with Crippen molar-refractivity contribution in [2.75, 3.05) is 0 Å². The first-order valence-electron chi connectivity index (χ1n) is 4.96. The van der Waals surface area contributed by atoms with E-state index in [-0.39, 0.29) is 0 Å². The largest absolute Gasteiger partial charge is 0.302 e. The van der Waals surface area contributed by atoms with Crippen LogP contribution in [-0.2, 0) is 17.5 Å². The minimum atomic E-state index is -1.95. The van der Waals surface area contributed by atoms with Crippen LogP contribution in [0.1, 0.15) is 5.56 Å². The predicted octanol–water partition coefficient (Wildman–Crippen LogP) is 3.15. The summed E-state index contributed by atoms with van der Waals surface area (Å²) in [6.07, 6.45) is 2.34. The molecule has 1 N–H and O–H groups in total. The van der Waals surface area contributed by atoms with Crippen LogP contribution in [-0.4, -0.2) is 8.76 Å². The van der Waals surface area contributed by atoms with E-state index in [1.807, 2.05) is 30.3 Å². The van der Waals surface area contributed by atoms with Crippen molar-refractivity contribution >= 4 is 21.9 Å². The smallest absolute Gasteiger partial charge is 0.186 e. The highest BCUT2D eigenvalue weighted by molar-refractivity contribution is 7.79. The molecule has 0 amide bonds. The fraction of sp³-hybridized carbons (Fsp3) is 0.0769. The second-order valence-electron chi connectivity index (χ2n) is 3.55. The van der Waals surface area contributed by atoms with E-state index in [1.165, 1.54) is 0 Å². The number of benzene rings is 2. The van der Waals surface area contributed by atoms with Crippen molar-refractivity contribution < 1.29 is 8.76 Å². The molecule has 0 radical (unpaired) electrons. The molecule has 0 spiro atoms. The second kappa shape index (κ2) is 4.60. The fourth-order valence-electron chi connectivity index (χ4n) is 1.74. The van der Waals surface area contributed by atoms with Crippen molar-refractivity contribution in [1.82, 2.24) is 0 Å². The van der Waals surface area contributed by atoms with Crippen molar-refractivity contribution in [3.8, 4) is 0 Å². The molecule has 82 valence electrons. The number of hydrogen-bond acceptors (Lipinski definition) is 1. The van der Waals surface area contributed by atoms with Gasteiger partial charge in [0.15, 0.2) is 11.1 Å². The van der Waals surface area contributed by atoms with Crippen LogP contribution in [0.3, 0.4) is 0 Å². The lowest BCUT2D eigenvalue weighted by molar-refractivity contribution is 0.563. The molecule has 0 aliphatic heterocycles. The van der Waals surface area contributed by atoms with Gasteiger partial charge >= 0.3 is 0 Å². The zero-order valence-electron chi connectivity index (χ0n) is 8.72. The Balaban J connectivity index is 2.70. The van der Waals surface area contributed by atoms with Gasteiger partial charge in [-0.25, -0.2) is 4.21 Å². The summed E-state index contributed by atoms with van der Waals surface area (Å²) in [5.74, 6) is 0. The van der Waals surface area contributed by atoms with Gasteiger partial charge in [-0.05, 0) is 34.9 Å². The Hall–Kier alpha value is -1.45. The number of fused-ring (bicyclic) bond motifs is 1. The van der Waals surface area contributed by atoms with Gasteiger partial charge in [0.05, 0.1) is 4.90 Å². The van der Waals surface area contributed by atoms with Crippen molar-refractivity contribution in [1.29, 1.82) is 0 Å². The first kappa shape index (κ1) is 11.0. The second-order valence-corrected chi connectivity index (χ2v) is 4.49. The minimum absolute atomic E-state index is 0.471. The lowest BCUT2D eigenvalue weighted by Gasteiger charge is -2.06. The third-order valence-electron chi connectivity index (χ3n) is 2.48. The van der Waals surface area contributed by atoms with Gasteiger partial charge in [0, 0.05) is 0 Å². The minimum Gasteiger partial charge on any atom is -0.302 e. The van der Waals surface area contributed by atoms with E-state index in [4.69, 9.17) is 0 Å². The molecule has 2 aromatic carbocycles. The molecule has 0 fully saturated rings. The molecule has 3 heteroatoms. The third kappa shape index (κ3) is 2.05. The molecule has 0 heterocycles. The topological polar surface area (TPSA) is 37.3 Å². The molecule has 0 aliphatic carbocycles. The maximum atomic E-state index is 11.2. The average molecular weight is 232 g/mol. The molecule has 0 aromatic heterocycles. The Morgan fingerprint density at radius 1 is 1.25 bits per heavy atom. The van der Waals surface area contributed by atoms with Gasteiger partial charge in [0.25, 0.3) is 0 Å². The standard InChI is InChI=1S/C13H12O2S/c1-2-5-12-8-10-6-3-4-7-11(10)9-13(12)16(14)15/h2-4,6-9H,1,5H2,(H,14,15). The molecule has 16 heavy (non-hydrogen) atoms. The van der Waals surface area contributed by atoms with Gasteiger partial charge in [0.1, 0.15) is 0 Å². The Morgan fingerprint density at radius 2 is 1.88 bits per heavy atom. The molecule has 0 bridgehead atoms. The van der Waals surface area contributed by atoms with E-state index in [9.17, 15) is 8.76 Å². The highest BCUT2D eigenvalue weighted by Crippen LogP contribution is 2.22. The highest BCUT2D eigenvalue weighted by atomic mass is 32.2. The van der Waals surface area contributed by atoms with E-state index >= 15 is 0 Å². The highest BCUT2D eigenvalue weighted by Gasteiger charge is 2.08. The molecular formula is C13H12O2S. The van der Waals surface area contributed by atoms with Crippen LogP contribution in [0.2, 0.25) is 0 Å². The Bertz CT molecular complexity index is 561. The van der Waals surface area contributed by atoms with Crippen molar-refractivity contribution in [3.05, 3.63) is 54.6 Å². The summed E-state index contributed by atoms with van der Waals surface area (Å²) >= 11 is -1.95. The van der Waals surface area contributed by atoms with Gasteiger partial charge in [-0.2, -0.15) is 0 Å². The number of hydrogen-bond donors (Lipinski definition) is 1. The Kier molecular flexibility index (Phi) is 3.17. The van der Waals surface area contributed by atoms with E-state index in [0.29, 0.717) is 11.3 Å². The summed E-state index contributed by atoms with van der Waals surface area (Å²) < 4.78 is 20.4. The molecular weight excluding hydrogens is 220 g/mol. The maximum absolute atomic E-state index is 11.2. The van der Waals surface area contributed by atoms with Crippen LogP contribution in [0.4, 0.5) is 0 Å². The van der Waals surface area contributed by atoms with Crippen LogP contribution in [0.25, 0.3) is 10.8 Å². The summed E-state index contributed by atoms with van der Waals surface area (Å²) in [5, 5.41) is 2.06. The van der Waals surface area contributed by atoms with Crippen molar-refractivity contribution in [2.24, 2.45) is 0 Å². The van der Waals surface area contributed by atoms with Gasteiger partial charge in [-0.1, -0.05) is 30.3 Å². The summed E-state index contributed by atoms with van der Waals surface area (Å²) in [6, 6.07) is 11.5. The van der Waals surface area contributed by atoms with E-state index in [0.717, 1.165) is 16.3 Å². The normalized spacial score (nSPS) is 12.6. The number of rotatable bonds is 3. The molecule has 0 saturated carbocycles. The quantitative estimate of drug-likeness (QED) is 0.652. The third-order valence-corrected chi connectivity index (χ3v) is 3.24. The summed E-state index contributed by atoms with van der Waals surface area (Å²) in [6.45, 7) is 3.66. The Morgan fingerprint density at radius 3 is 2.44 bits per heavy atom. The lowest BCUT2D eigenvalue weighted by Crippen LogP contribution is -1.96. The molecule has 1 atom stereocenters. The fourth-order valence-corrected chi connectivity index (χ4v) is 2.34. The van der Waals surface area contributed by atoms with Crippen LogP contribution < -0.4 is 0 Å². The van der Waals surface area contributed by atoms with Crippen molar-refractivity contribution in [2.45, 2.75) is 11.3 Å². The maximum Gasteiger partial charge on any atom is 0.186 e. The van der Waals surface area contributed by atoms with Gasteiger partial charge in [0.2, 0.25) is 0 Å². The van der Waals surface area contributed by atoms with Gasteiger partial charge in [-0.3, -0.25) is 0 Å². The first-order valence-corrected chi connectivity index (χ1v) is 6.06. The molecule has 2 nitrogen and oxygen atoms in total. The van der Waals surface area contributed by atoms with Crippen LogP contribution in [0.5, 0.6) is 0 Å². The lowest BCUT2D eigenvalue weighted by atomic mass is 10.1. The van der Waals surface area contributed by atoms with Crippen LogP contribution >= 0.6 is 0 Å². The molecule has 1 unspecified atom stereocenters. The van der Waals surface area contributed by atoms with Crippen molar-refractivity contribution in [3.63, 3.8) is 0 Å². The van der Waals surface area contributed by atoms with Gasteiger partial charge in [-0.15, -0.1) is 6.58 Å². The summed E-state index contributed by atoms with van der Waals surface area (Å²) in [7, 11) is 0. The monoisotopic (exact) mass is 232 g/mol. The number of allylic oxidation sites excluding steroid dienone is 1. The Labute approximate surface area is 96.9 Å². The van der Waals surface area contributed by atoms with E-state index in [2.05, 4.69) is 6.58 Å². The predicted molar refractivity (Wildman–Crippen MR) is 66.9 cm³/mol. The van der Waals surface area contributed by atoms with Crippen LogP contribution in [0, 0.1) is 0 Å². The molecule has 2 rings (SSSR count). The summed E-state index contributed by atoms with van der Waals surface area (Å²) in [4.78, 5) is 0.471.